The molecule has 1 aromatic heterocycles. The van der Waals surface area contributed by atoms with Crippen LogP contribution in [-0.4, -0.2) is 26.7 Å². The van der Waals surface area contributed by atoms with Gasteiger partial charge in [-0.05, 0) is 47.5 Å². The summed E-state index contributed by atoms with van der Waals surface area (Å²) in [5, 5.41) is 8.67. The molecule has 3 aromatic rings. The number of nitrogens with zero attached hydrogens (tertiary/aromatic N) is 2. The van der Waals surface area contributed by atoms with Crippen molar-refractivity contribution >= 4 is 35.0 Å². The second-order valence-corrected chi connectivity index (χ2v) is 8.84. The van der Waals surface area contributed by atoms with Crippen LogP contribution in [0.1, 0.15) is 52.6 Å². The molecule has 1 heterocycles. The molecule has 0 spiro atoms. The third-order valence-corrected chi connectivity index (χ3v) is 5.15. The molecule has 0 saturated heterocycles. The van der Waals surface area contributed by atoms with E-state index in [9.17, 15) is 22.8 Å². The highest BCUT2D eigenvalue weighted by Gasteiger charge is 2.35. The molecular weight excluding hydrogens is 467 g/mol. The fourth-order valence-corrected chi connectivity index (χ4v) is 3.35. The lowest BCUT2D eigenvalue weighted by molar-refractivity contribution is -0.137. The molecule has 3 rings (SSSR count). The topological polar surface area (TPSA) is 102 Å². The number of halogens is 3. The number of para-hydroxylation sites is 1. The van der Waals surface area contributed by atoms with Gasteiger partial charge in [0.15, 0.2) is 5.11 Å². The number of carbonyl (C=O) groups is 2. The Morgan fingerprint density at radius 3 is 2.21 bits per heavy atom. The molecule has 7 nitrogen and oxygen atoms in total. The van der Waals surface area contributed by atoms with Crippen LogP contribution in [0.15, 0.2) is 54.7 Å². The number of nitrogens with two attached hydrogens (primary N) is 1. The van der Waals surface area contributed by atoms with E-state index >= 15 is 0 Å². The SMILES string of the molecule is CC(C)(C)c1ccc(C(=O)NC(=S)Nc2c(C(N)=O)cnn2-c2ccccc2C(F)(F)F)cc1. The minimum atomic E-state index is -4.68. The molecular formula is C23H22F3N5O2S. The average molecular weight is 490 g/mol. The van der Waals surface area contributed by atoms with Gasteiger partial charge < -0.3 is 11.1 Å². The minimum absolute atomic E-state index is 0.0951. The first kappa shape index (κ1) is 24.9. The maximum Gasteiger partial charge on any atom is 0.418 e. The van der Waals surface area contributed by atoms with Crippen molar-refractivity contribution in [1.82, 2.24) is 15.1 Å². The lowest BCUT2D eigenvalue weighted by atomic mass is 9.87. The van der Waals surface area contributed by atoms with E-state index in [1.54, 1.807) is 12.1 Å². The second kappa shape index (κ2) is 9.26. The first-order chi connectivity index (χ1) is 15.8. The molecule has 4 N–H and O–H groups in total. The van der Waals surface area contributed by atoms with Crippen LogP contribution in [0.4, 0.5) is 19.0 Å². The van der Waals surface area contributed by atoms with Gasteiger partial charge in [-0.3, -0.25) is 14.9 Å². The van der Waals surface area contributed by atoms with E-state index in [4.69, 9.17) is 18.0 Å². The molecule has 11 heteroatoms. The zero-order valence-corrected chi connectivity index (χ0v) is 19.3. The predicted molar refractivity (Wildman–Crippen MR) is 126 cm³/mol. The van der Waals surface area contributed by atoms with Crippen molar-refractivity contribution in [2.45, 2.75) is 32.4 Å². The Morgan fingerprint density at radius 1 is 1.03 bits per heavy atom. The fourth-order valence-electron chi connectivity index (χ4n) is 3.17. The number of hydrogen-bond donors (Lipinski definition) is 3. The van der Waals surface area contributed by atoms with Gasteiger partial charge in [-0.25, -0.2) is 4.68 Å². The molecule has 0 bridgehead atoms. The number of anilines is 1. The number of primary amides is 1. The average Bonchev–Trinajstić information content (AvgIpc) is 3.16. The van der Waals surface area contributed by atoms with Crippen LogP contribution in [0.25, 0.3) is 5.69 Å². The third kappa shape index (κ3) is 5.42. The highest BCUT2D eigenvalue weighted by molar-refractivity contribution is 7.80. The molecule has 178 valence electrons. The van der Waals surface area contributed by atoms with E-state index in [0.29, 0.717) is 5.56 Å². The van der Waals surface area contributed by atoms with Gasteiger partial charge in [0.25, 0.3) is 11.8 Å². The summed E-state index contributed by atoms with van der Waals surface area (Å²) in [7, 11) is 0. The van der Waals surface area contributed by atoms with E-state index in [1.165, 1.54) is 18.2 Å². The van der Waals surface area contributed by atoms with Crippen molar-refractivity contribution in [2.75, 3.05) is 5.32 Å². The van der Waals surface area contributed by atoms with Crippen molar-refractivity contribution in [2.24, 2.45) is 5.73 Å². The number of benzene rings is 2. The molecule has 0 saturated carbocycles. The zero-order valence-electron chi connectivity index (χ0n) is 18.5. The first-order valence-electron chi connectivity index (χ1n) is 10.1. The van der Waals surface area contributed by atoms with Crippen LogP contribution in [0.5, 0.6) is 0 Å². The summed E-state index contributed by atoms with van der Waals surface area (Å²) in [6.45, 7) is 6.12. The molecule has 2 aromatic carbocycles. The van der Waals surface area contributed by atoms with E-state index < -0.39 is 23.6 Å². The summed E-state index contributed by atoms with van der Waals surface area (Å²) >= 11 is 5.17. The number of nitrogens with one attached hydrogen (secondary N) is 2. The number of rotatable bonds is 4. The number of hydrogen-bond acceptors (Lipinski definition) is 4. The van der Waals surface area contributed by atoms with Crippen LogP contribution in [-0.2, 0) is 11.6 Å². The Kier molecular flexibility index (Phi) is 6.78. The normalized spacial score (nSPS) is 11.7. The Balaban J connectivity index is 1.89. The van der Waals surface area contributed by atoms with E-state index in [0.717, 1.165) is 22.5 Å². The van der Waals surface area contributed by atoms with Crippen molar-refractivity contribution in [3.05, 3.63) is 77.0 Å². The van der Waals surface area contributed by atoms with Crippen molar-refractivity contribution in [3.8, 4) is 5.69 Å². The van der Waals surface area contributed by atoms with Gasteiger partial charge in [-0.2, -0.15) is 18.3 Å². The Bertz CT molecular complexity index is 1240. The molecule has 0 aliphatic heterocycles. The highest BCUT2D eigenvalue weighted by atomic mass is 32.1. The van der Waals surface area contributed by atoms with Crippen LogP contribution in [0, 0.1) is 0 Å². The lowest BCUT2D eigenvalue weighted by Gasteiger charge is -2.19. The molecule has 0 fully saturated rings. The lowest BCUT2D eigenvalue weighted by Crippen LogP contribution is -2.35. The highest BCUT2D eigenvalue weighted by Crippen LogP contribution is 2.35. The molecule has 2 amide bonds. The standard InChI is InChI=1S/C23H22F3N5O2S/c1-22(2,3)14-10-8-13(9-11-14)20(33)30-21(34)29-19-15(18(27)32)12-28-31(19)17-7-5-4-6-16(17)23(24,25)26/h4-12H,1-3H3,(H2,27,32)(H2,29,30,33,34). The Labute approximate surface area is 199 Å². The molecule has 34 heavy (non-hydrogen) atoms. The van der Waals surface area contributed by atoms with Gasteiger partial charge in [0.1, 0.15) is 11.4 Å². The molecule has 0 aliphatic carbocycles. The van der Waals surface area contributed by atoms with Gasteiger partial charge >= 0.3 is 6.18 Å². The van der Waals surface area contributed by atoms with E-state index in [1.807, 2.05) is 32.9 Å². The van der Waals surface area contributed by atoms with Gasteiger partial charge in [0, 0.05) is 5.56 Å². The molecule has 0 unspecified atom stereocenters. The smallest absolute Gasteiger partial charge is 0.365 e. The van der Waals surface area contributed by atoms with Gasteiger partial charge in [-0.1, -0.05) is 45.0 Å². The van der Waals surface area contributed by atoms with Crippen LogP contribution >= 0.6 is 12.2 Å². The van der Waals surface area contributed by atoms with E-state index in [-0.39, 0.29) is 27.6 Å². The Hall–Kier alpha value is -3.73. The van der Waals surface area contributed by atoms with Gasteiger partial charge in [-0.15, -0.1) is 0 Å². The number of amides is 2. The molecule has 0 atom stereocenters. The summed E-state index contributed by atoms with van der Waals surface area (Å²) in [5.74, 6) is -1.69. The Morgan fingerprint density at radius 2 is 1.65 bits per heavy atom. The molecule has 0 aliphatic rings. The van der Waals surface area contributed by atoms with E-state index in [2.05, 4.69) is 15.7 Å². The number of carbonyl (C=O) groups excluding carboxylic acids is 2. The van der Waals surface area contributed by atoms with Crippen LogP contribution in [0.2, 0.25) is 0 Å². The largest absolute Gasteiger partial charge is 0.418 e. The summed E-state index contributed by atoms with van der Waals surface area (Å²) in [6, 6.07) is 11.6. The summed E-state index contributed by atoms with van der Waals surface area (Å²) in [4.78, 5) is 24.5. The fraction of sp³-hybridized carbons (Fsp3) is 0.217. The minimum Gasteiger partial charge on any atom is -0.365 e. The van der Waals surface area contributed by atoms with Gasteiger partial charge in [0.05, 0.1) is 17.4 Å². The van der Waals surface area contributed by atoms with Crippen molar-refractivity contribution in [3.63, 3.8) is 0 Å². The monoisotopic (exact) mass is 489 g/mol. The quantitative estimate of drug-likeness (QED) is 0.471. The predicted octanol–water partition coefficient (Wildman–Crippen LogP) is 4.41. The van der Waals surface area contributed by atoms with Crippen LogP contribution < -0.4 is 16.4 Å². The summed E-state index contributed by atoms with van der Waals surface area (Å²) in [6.07, 6.45) is -3.66. The van der Waals surface area contributed by atoms with Crippen LogP contribution in [0.3, 0.4) is 0 Å². The number of alkyl halides is 3. The third-order valence-electron chi connectivity index (χ3n) is 4.94. The zero-order chi connectivity index (χ0) is 25.3. The number of aromatic nitrogens is 2. The maximum atomic E-state index is 13.5. The van der Waals surface area contributed by atoms with Gasteiger partial charge in [0.2, 0.25) is 0 Å². The first-order valence-corrected chi connectivity index (χ1v) is 10.5. The van der Waals surface area contributed by atoms with Crippen molar-refractivity contribution < 1.29 is 22.8 Å². The summed E-state index contributed by atoms with van der Waals surface area (Å²) < 4.78 is 41.4. The second-order valence-electron chi connectivity index (χ2n) is 8.43. The maximum absolute atomic E-state index is 13.5. The number of thiocarbonyl (C=S) groups is 1. The van der Waals surface area contributed by atoms with Crippen molar-refractivity contribution in [1.29, 1.82) is 0 Å². The summed E-state index contributed by atoms with van der Waals surface area (Å²) in [5.41, 5.74) is 5.08. The molecule has 0 radical (unpaired) electrons.